The van der Waals surface area contributed by atoms with E-state index in [0.29, 0.717) is 6.61 Å². The van der Waals surface area contributed by atoms with Gasteiger partial charge in [0.1, 0.15) is 30.5 Å². The first-order valence-electron chi connectivity index (χ1n) is 5.17. The summed E-state index contributed by atoms with van der Waals surface area (Å²) >= 11 is 0. The van der Waals surface area contributed by atoms with Crippen molar-refractivity contribution in [1.29, 1.82) is 0 Å². The van der Waals surface area contributed by atoms with Crippen LogP contribution in [-0.2, 0) is 14.2 Å². The summed E-state index contributed by atoms with van der Waals surface area (Å²) < 4.78 is 15.0. The van der Waals surface area contributed by atoms with Crippen LogP contribution < -0.4 is 0 Å². The molecule has 7 heteroatoms. The molecule has 2 rings (SSSR count). The van der Waals surface area contributed by atoms with E-state index in [9.17, 15) is 15.3 Å². The second-order valence-corrected chi connectivity index (χ2v) is 3.98. The molecule has 0 amide bonds. The maximum atomic E-state index is 9.68. The largest absolute Gasteiger partial charge is 0.394 e. The molecule has 0 saturated carbocycles. The lowest BCUT2D eigenvalue weighted by atomic mass is 9.99. The SMILES string of the molecule is OC[C@H]1O[C@@H](O)[C@H](OCC2CO2)[C@@H](O)[C@H]1O. The van der Waals surface area contributed by atoms with Crippen LogP contribution in [0, 0.1) is 0 Å². The molecule has 94 valence electrons. The molecule has 0 aliphatic carbocycles. The smallest absolute Gasteiger partial charge is 0.184 e. The third-order valence-electron chi connectivity index (χ3n) is 2.72. The number of ether oxygens (including phenoxy) is 3. The monoisotopic (exact) mass is 236 g/mol. The quantitative estimate of drug-likeness (QED) is 0.390. The van der Waals surface area contributed by atoms with Crippen LogP contribution in [0.25, 0.3) is 0 Å². The van der Waals surface area contributed by atoms with Crippen molar-refractivity contribution in [3.05, 3.63) is 0 Å². The van der Waals surface area contributed by atoms with Crippen LogP contribution >= 0.6 is 0 Å². The number of aliphatic hydroxyl groups excluding tert-OH is 4. The van der Waals surface area contributed by atoms with Crippen molar-refractivity contribution < 1.29 is 34.6 Å². The second kappa shape index (κ2) is 4.92. The van der Waals surface area contributed by atoms with Gasteiger partial charge in [0.2, 0.25) is 0 Å². The van der Waals surface area contributed by atoms with E-state index in [4.69, 9.17) is 19.3 Å². The van der Waals surface area contributed by atoms with Crippen LogP contribution in [0.1, 0.15) is 0 Å². The minimum Gasteiger partial charge on any atom is -0.394 e. The van der Waals surface area contributed by atoms with Crippen LogP contribution in [0.2, 0.25) is 0 Å². The first-order chi connectivity index (χ1) is 7.63. The van der Waals surface area contributed by atoms with Gasteiger partial charge in [-0.2, -0.15) is 0 Å². The zero-order valence-electron chi connectivity index (χ0n) is 8.60. The molecule has 16 heavy (non-hydrogen) atoms. The summed E-state index contributed by atoms with van der Waals surface area (Å²) in [7, 11) is 0. The third-order valence-corrected chi connectivity index (χ3v) is 2.72. The molecular weight excluding hydrogens is 220 g/mol. The highest BCUT2D eigenvalue weighted by atomic mass is 16.7. The van der Waals surface area contributed by atoms with E-state index in [2.05, 4.69) is 0 Å². The molecule has 0 aromatic carbocycles. The van der Waals surface area contributed by atoms with Crippen LogP contribution in [0.4, 0.5) is 0 Å². The standard InChI is InChI=1S/C9H16O7/c10-1-5-6(11)7(12)8(9(13)16-5)15-3-4-2-14-4/h4-13H,1-3H2/t4?,5-,6+,7+,8-,9-/m1/s1. The fourth-order valence-electron chi connectivity index (χ4n) is 1.63. The predicted molar refractivity (Wildman–Crippen MR) is 49.5 cm³/mol. The summed E-state index contributed by atoms with van der Waals surface area (Å²) in [5.74, 6) is 0. The Hall–Kier alpha value is -0.280. The highest BCUT2D eigenvalue weighted by Crippen LogP contribution is 2.23. The number of aliphatic hydroxyl groups is 4. The summed E-state index contributed by atoms with van der Waals surface area (Å²) in [6.45, 7) is 0.355. The maximum Gasteiger partial charge on any atom is 0.184 e. The lowest BCUT2D eigenvalue weighted by Gasteiger charge is -2.39. The van der Waals surface area contributed by atoms with Gasteiger partial charge in [-0.15, -0.1) is 0 Å². The number of hydrogen-bond donors (Lipinski definition) is 4. The van der Waals surface area contributed by atoms with E-state index in [0.717, 1.165) is 0 Å². The first kappa shape index (κ1) is 12.2. The van der Waals surface area contributed by atoms with Crippen LogP contribution in [0.15, 0.2) is 0 Å². The summed E-state index contributed by atoms with van der Waals surface area (Å²) in [4.78, 5) is 0. The normalized spacial score (nSPS) is 48.0. The minimum atomic E-state index is -1.37. The second-order valence-electron chi connectivity index (χ2n) is 3.98. The van der Waals surface area contributed by atoms with E-state index in [1.165, 1.54) is 0 Å². The Kier molecular flexibility index (Phi) is 3.75. The Bertz CT molecular complexity index is 232. The summed E-state index contributed by atoms with van der Waals surface area (Å²) in [6, 6.07) is 0. The first-order valence-corrected chi connectivity index (χ1v) is 5.17. The third kappa shape index (κ3) is 2.51. The summed E-state index contributed by atoms with van der Waals surface area (Å²) in [5, 5.41) is 37.6. The fraction of sp³-hybridized carbons (Fsp3) is 1.00. The Morgan fingerprint density at radius 2 is 1.88 bits per heavy atom. The van der Waals surface area contributed by atoms with Crippen molar-refractivity contribution >= 4 is 0 Å². The van der Waals surface area contributed by atoms with Gasteiger partial charge in [0.25, 0.3) is 0 Å². The minimum absolute atomic E-state index is 0.00731. The van der Waals surface area contributed by atoms with E-state index < -0.39 is 37.3 Å². The molecule has 2 aliphatic heterocycles. The zero-order chi connectivity index (χ0) is 11.7. The molecule has 2 aliphatic rings. The Labute approximate surface area is 92.2 Å². The van der Waals surface area contributed by atoms with Gasteiger partial charge in [-0.3, -0.25) is 0 Å². The molecule has 2 heterocycles. The van der Waals surface area contributed by atoms with Gasteiger partial charge in [0.15, 0.2) is 6.29 Å². The molecular formula is C9H16O7. The molecule has 1 unspecified atom stereocenters. The summed E-state index contributed by atoms with van der Waals surface area (Å²) in [5.41, 5.74) is 0. The molecule has 0 bridgehead atoms. The number of epoxide rings is 1. The Balaban J connectivity index is 1.90. The zero-order valence-corrected chi connectivity index (χ0v) is 8.60. The van der Waals surface area contributed by atoms with E-state index in [1.807, 2.05) is 0 Å². The fourth-order valence-corrected chi connectivity index (χ4v) is 1.63. The average Bonchev–Trinajstić information content (AvgIpc) is 3.07. The van der Waals surface area contributed by atoms with Gasteiger partial charge >= 0.3 is 0 Å². The van der Waals surface area contributed by atoms with Crippen molar-refractivity contribution in [2.75, 3.05) is 19.8 Å². The van der Waals surface area contributed by atoms with Crippen molar-refractivity contribution in [3.63, 3.8) is 0 Å². The van der Waals surface area contributed by atoms with Gasteiger partial charge in [0, 0.05) is 0 Å². The molecule has 4 N–H and O–H groups in total. The number of rotatable bonds is 4. The Morgan fingerprint density at radius 3 is 2.44 bits per heavy atom. The van der Waals surface area contributed by atoms with Crippen molar-refractivity contribution in [3.8, 4) is 0 Å². The topological polar surface area (TPSA) is 112 Å². The lowest BCUT2D eigenvalue weighted by molar-refractivity contribution is -0.296. The molecule has 0 radical (unpaired) electrons. The molecule has 0 aromatic rings. The van der Waals surface area contributed by atoms with Gasteiger partial charge in [-0.25, -0.2) is 0 Å². The molecule has 7 nitrogen and oxygen atoms in total. The van der Waals surface area contributed by atoms with Crippen LogP contribution in [0.5, 0.6) is 0 Å². The highest BCUT2D eigenvalue weighted by Gasteiger charge is 2.44. The van der Waals surface area contributed by atoms with Gasteiger partial charge in [-0.1, -0.05) is 0 Å². The van der Waals surface area contributed by atoms with E-state index in [-0.39, 0.29) is 12.7 Å². The average molecular weight is 236 g/mol. The maximum absolute atomic E-state index is 9.68. The van der Waals surface area contributed by atoms with E-state index in [1.54, 1.807) is 0 Å². The lowest BCUT2D eigenvalue weighted by Crippen LogP contribution is -2.59. The van der Waals surface area contributed by atoms with Crippen molar-refractivity contribution in [2.45, 2.75) is 36.8 Å². The molecule has 2 saturated heterocycles. The van der Waals surface area contributed by atoms with Gasteiger partial charge < -0.3 is 34.6 Å². The molecule has 2 fully saturated rings. The molecule has 0 spiro atoms. The number of hydrogen-bond acceptors (Lipinski definition) is 7. The predicted octanol–water partition coefficient (Wildman–Crippen LogP) is -2.80. The van der Waals surface area contributed by atoms with Crippen LogP contribution in [-0.4, -0.2) is 77.1 Å². The molecule has 0 aromatic heterocycles. The van der Waals surface area contributed by atoms with Crippen LogP contribution in [0.3, 0.4) is 0 Å². The van der Waals surface area contributed by atoms with Crippen molar-refractivity contribution in [2.24, 2.45) is 0 Å². The molecule has 6 atom stereocenters. The van der Waals surface area contributed by atoms with Gasteiger partial charge in [-0.05, 0) is 0 Å². The van der Waals surface area contributed by atoms with Crippen molar-refractivity contribution in [1.82, 2.24) is 0 Å². The Morgan fingerprint density at radius 1 is 1.19 bits per heavy atom. The summed E-state index contributed by atoms with van der Waals surface area (Å²) in [6.07, 6.45) is -5.97. The van der Waals surface area contributed by atoms with E-state index >= 15 is 0 Å². The highest BCUT2D eigenvalue weighted by molar-refractivity contribution is 4.89. The van der Waals surface area contributed by atoms with Gasteiger partial charge in [0.05, 0.1) is 19.8 Å².